The van der Waals surface area contributed by atoms with Gasteiger partial charge in [0, 0.05) is 23.5 Å². The van der Waals surface area contributed by atoms with Gasteiger partial charge in [-0.3, -0.25) is 14.4 Å². The Hall–Kier alpha value is -4.27. The van der Waals surface area contributed by atoms with E-state index in [9.17, 15) is 45.4 Å². The number of benzene rings is 1. The van der Waals surface area contributed by atoms with Crippen LogP contribution in [0.25, 0.3) is 0 Å². The number of rotatable bonds is 6. The fourth-order valence-electron chi connectivity index (χ4n) is 3.98. The van der Waals surface area contributed by atoms with Crippen LogP contribution in [-0.2, 0) is 10.3 Å². The van der Waals surface area contributed by atoms with E-state index in [-0.39, 0.29) is 21.5 Å². The molecule has 0 unspecified atom stereocenters. The lowest BCUT2D eigenvalue weighted by atomic mass is 9.78. The van der Waals surface area contributed by atoms with Gasteiger partial charge < -0.3 is 15.2 Å². The molecule has 2 aromatic heterocycles. The van der Waals surface area contributed by atoms with Crippen molar-refractivity contribution in [2.24, 2.45) is 4.99 Å². The van der Waals surface area contributed by atoms with E-state index in [1.807, 2.05) is 0 Å². The number of aliphatic hydroxyl groups is 1. The molecule has 2 N–H and O–H groups in total. The van der Waals surface area contributed by atoms with E-state index in [0.717, 1.165) is 24.4 Å². The SMILES string of the molecule is O=C(Oc1cc(C2=N[C@@H](CO)[C@](c3ccc(F)cc3)(c3ccc(F)nc3)N2)cn(C(F)F)c1=O)C(F)(F)F. The van der Waals surface area contributed by atoms with Gasteiger partial charge >= 0.3 is 18.7 Å². The summed E-state index contributed by atoms with van der Waals surface area (Å²) in [6, 6.07) is 6.43. The monoisotopic (exact) mass is 544 g/mol. The Kier molecular flexibility index (Phi) is 6.97. The Morgan fingerprint density at radius 3 is 2.34 bits per heavy atom. The smallest absolute Gasteiger partial charge is 0.414 e. The van der Waals surface area contributed by atoms with Gasteiger partial charge in [0.15, 0.2) is 5.75 Å². The molecule has 0 saturated carbocycles. The summed E-state index contributed by atoms with van der Waals surface area (Å²) in [4.78, 5) is 31.4. The van der Waals surface area contributed by atoms with E-state index in [2.05, 4.69) is 20.0 Å². The maximum absolute atomic E-state index is 13.7. The number of amidine groups is 1. The largest absolute Gasteiger partial charge is 0.491 e. The summed E-state index contributed by atoms with van der Waals surface area (Å²) in [7, 11) is 0. The fraction of sp³-hybridized carbons (Fsp3) is 0.217. The molecule has 8 nitrogen and oxygen atoms in total. The van der Waals surface area contributed by atoms with E-state index in [4.69, 9.17) is 0 Å². The molecule has 200 valence electrons. The van der Waals surface area contributed by atoms with E-state index in [1.54, 1.807) is 0 Å². The van der Waals surface area contributed by atoms with E-state index in [1.165, 1.54) is 18.2 Å². The standard InChI is InChI=1S/C23H15F7N4O4/c24-14-4-1-12(2-5-14)22(13-3-6-17(25)31-8-13)16(10-35)32-18(33-22)11-7-15(38-20(37)23(28,29)30)19(36)34(9-11)21(26)27/h1-9,16,21,35H,10H2,(H,32,33)/t16-,22-/m0/s1. The molecule has 2 atom stereocenters. The highest BCUT2D eigenvalue weighted by Crippen LogP contribution is 2.39. The van der Waals surface area contributed by atoms with Crippen molar-refractivity contribution < 1.29 is 45.4 Å². The van der Waals surface area contributed by atoms with Crippen molar-refractivity contribution in [1.29, 1.82) is 0 Å². The molecule has 0 amide bonds. The minimum Gasteiger partial charge on any atom is -0.414 e. The Balaban J connectivity index is 1.88. The number of aliphatic imine (C=N–C) groups is 1. The van der Waals surface area contributed by atoms with Gasteiger partial charge in [-0.2, -0.15) is 26.3 Å². The molecule has 0 saturated heterocycles. The third-order valence-electron chi connectivity index (χ3n) is 5.68. The van der Waals surface area contributed by atoms with Crippen molar-refractivity contribution in [2.45, 2.75) is 24.3 Å². The molecular formula is C23H15F7N4O4. The Morgan fingerprint density at radius 2 is 1.79 bits per heavy atom. The number of hydrogen-bond donors (Lipinski definition) is 2. The second-order valence-electron chi connectivity index (χ2n) is 7.96. The molecule has 0 fully saturated rings. The molecule has 0 aliphatic carbocycles. The van der Waals surface area contributed by atoms with Crippen LogP contribution in [-0.4, -0.2) is 45.3 Å². The number of carbonyl (C=O) groups is 1. The molecule has 0 radical (unpaired) electrons. The van der Waals surface area contributed by atoms with Gasteiger partial charge in [0.05, 0.1) is 6.61 Å². The highest BCUT2D eigenvalue weighted by molar-refractivity contribution is 6.01. The van der Waals surface area contributed by atoms with Gasteiger partial charge in [-0.15, -0.1) is 0 Å². The molecule has 15 heteroatoms. The summed E-state index contributed by atoms with van der Waals surface area (Å²) >= 11 is 0. The number of pyridine rings is 2. The Morgan fingerprint density at radius 1 is 1.13 bits per heavy atom. The lowest BCUT2D eigenvalue weighted by Gasteiger charge is -2.35. The van der Waals surface area contributed by atoms with Gasteiger partial charge in [-0.05, 0) is 29.8 Å². The zero-order valence-electron chi connectivity index (χ0n) is 18.7. The second kappa shape index (κ2) is 9.89. The predicted molar refractivity (Wildman–Crippen MR) is 116 cm³/mol. The molecule has 1 aliphatic rings. The van der Waals surface area contributed by atoms with Gasteiger partial charge in [0.25, 0.3) is 5.56 Å². The first-order chi connectivity index (χ1) is 17.9. The maximum atomic E-state index is 13.7. The molecular weight excluding hydrogens is 529 g/mol. The molecule has 0 spiro atoms. The number of hydrogen-bond acceptors (Lipinski definition) is 7. The summed E-state index contributed by atoms with van der Waals surface area (Å²) in [6.45, 7) is -4.26. The van der Waals surface area contributed by atoms with Crippen LogP contribution in [0.15, 0.2) is 64.6 Å². The lowest BCUT2D eigenvalue weighted by Crippen LogP contribution is -2.50. The molecule has 0 bridgehead atoms. The Labute approximate surface area is 208 Å². The summed E-state index contributed by atoms with van der Waals surface area (Å²) in [6.07, 6.45) is -3.89. The van der Waals surface area contributed by atoms with Crippen LogP contribution in [0.5, 0.6) is 5.75 Å². The molecule has 1 aromatic carbocycles. The summed E-state index contributed by atoms with van der Waals surface area (Å²) in [5.41, 5.74) is -3.31. The van der Waals surface area contributed by atoms with Crippen LogP contribution >= 0.6 is 0 Å². The van der Waals surface area contributed by atoms with Crippen molar-refractivity contribution >= 4 is 11.8 Å². The second-order valence-corrected chi connectivity index (χ2v) is 7.96. The number of nitrogens with zero attached hydrogens (tertiary/aromatic N) is 3. The van der Waals surface area contributed by atoms with Crippen molar-refractivity contribution in [2.75, 3.05) is 6.61 Å². The molecule has 3 aromatic rings. The van der Waals surface area contributed by atoms with Crippen molar-refractivity contribution in [3.05, 3.63) is 93.7 Å². The summed E-state index contributed by atoms with van der Waals surface area (Å²) in [5, 5.41) is 13.0. The van der Waals surface area contributed by atoms with Crippen LogP contribution < -0.4 is 15.6 Å². The average Bonchev–Trinajstić information content (AvgIpc) is 3.26. The number of alkyl halides is 5. The number of halogens is 7. The number of nitrogens with one attached hydrogen (secondary N) is 1. The van der Waals surface area contributed by atoms with Crippen LogP contribution in [0.2, 0.25) is 0 Å². The minimum absolute atomic E-state index is 0.189. The third kappa shape index (κ3) is 4.83. The fourth-order valence-corrected chi connectivity index (χ4v) is 3.98. The number of aliphatic hydroxyl groups excluding tert-OH is 1. The Bertz CT molecular complexity index is 1390. The van der Waals surface area contributed by atoms with E-state index < -0.39 is 65.5 Å². The van der Waals surface area contributed by atoms with Gasteiger partial charge in [-0.25, -0.2) is 14.2 Å². The van der Waals surface area contributed by atoms with Crippen molar-refractivity contribution in [3.63, 3.8) is 0 Å². The van der Waals surface area contributed by atoms with Crippen LogP contribution in [0.3, 0.4) is 0 Å². The molecule has 4 rings (SSSR count). The normalized spacial score (nSPS) is 19.3. The van der Waals surface area contributed by atoms with Crippen LogP contribution in [0.4, 0.5) is 30.7 Å². The summed E-state index contributed by atoms with van der Waals surface area (Å²) in [5.74, 6) is -5.99. The van der Waals surface area contributed by atoms with E-state index >= 15 is 0 Å². The zero-order chi connectivity index (χ0) is 27.8. The quantitative estimate of drug-likeness (QED) is 0.281. The number of ether oxygens (including phenoxy) is 1. The number of esters is 1. The highest BCUT2D eigenvalue weighted by atomic mass is 19.4. The minimum atomic E-state index is -5.53. The van der Waals surface area contributed by atoms with Crippen LogP contribution in [0, 0.1) is 11.8 Å². The topological polar surface area (TPSA) is 106 Å². The first kappa shape index (κ1) is 26.8. The van der Waals surface area contributed by atoms with Gasteiger partial charge in [0.1, 0.15) is 23.2 Å². The molecule has 1 aliphatic heterocycles. The van der Waals surface area contributed by atoms with Crippen LogP contribution in [0.1, 0.15) is 23.2 Å². The highest BCUT2D eigenvalue weighted by Gasteiger charge is 2.48. The zero-order valence-corrected chi connectivity index (χ0v) is 18.7. The van der Waals surface area contributed by atoms with Gasteiger partial charge in [0.2, 0.25) is 5.95 Å². The van der Waals surface area contributed by atoms with E-state index in [0.29, 0.717) is 12.3 Å². The molecule has 38 heavy (non-hydrogen) atoms. The lowest BCUT2D eigenvalue weighted by molar-refractivity contribution is -0.189. The van der Waals surface area contributed by atoms with Gasteiger partial charge in [-0.1, -0.05) is 18.2 Å². The maximum Gasteiger partial charge on any atom is 0.491 e. The molecule has 3 heterocycles. The predicted octanol–water partition coefficient (Wildman–Crippen LogP) is 3.04. The number of aromatic nitrogens is 2. The van der Waals surface area contributed by atoms with Crippen molar-refractivity contribution in [3.8, 4) is 5.75 Å². The average molecular weight is 544 g/mol. The first-order valence-corrected chi connectivity index (χ1v) is 10.6. The number of carbonyl (C=O) groups excluding carboxylic acids is 1. The third-order valence-corrected chi connectivity index (χ3v) is 5.68. The summed E-state index contributed by atoms with van der Waals surface area (Å²) < 4.78 is 96.3. The van der Waals surface area contributed by atoms with Crippen molar-refractivity contribution in [1.82, 2.24) is 14.9 Å². The first-order valence-electron chi connectivity index (χ1n) is 10.6.